The summed E-state index contributed by atoms with van der Waals surface area (Å²) >= 11 is 0. The first-order valence-electron chi connectivity index (χ1n) is 7.91. The lowest BCUT2D eigenvalue weighted by Gasteiger charge is -2.13. The fraction of sp³-hybridized carbons (Fsp3) is 0.529. The Hall–Kier alpha value is -1.35. The first-order chi connectivity index (χ1) is 11.1. The zero-order chi connectivity index (χ0) is 17.1. The Bertz CT molecular complexity index is 521. The highest BCUT2D eigenvalue weighted by molar-refractivity contribution is 14.0. The number of carbonyl (C=O) groups excluding carboxylic acids is 1. The molecule has 0 unspecified atom stereocenters. The summed E-state index contributed by atoms with van der Waals surface area (Å²) in [5, 5.41) is 6.44. The zero-order valence-corrected chi connectivity index (χ0v) is 17.3. The van der Waals surface area contributed by atoms with E-state index in [1.165, 1.54) is 0 Å². The second-order valence-corrected chi connectivity index (χ2v) is 5.27. The van der Waals surface area contributed by atoms with Crippen molar-refractivity contribution in [2.75, 3.05) is 47.4 Å². The number of amides is 1. The molecule has 0 radical (unpaired) electrons. The molecule has 1 amide bonds. The van der Waals surface area contributed by atoms with E-state index in [9.17, 15) is 4.79 Å². The third kappa shape index (κ3) is 8.49. The summed E-state index contributed by atoms with van der Waals surface area (Å²) in [6, 6.07) is 7.73. The van der Waals surface area contributed by atoms with Crippen LogP contribution in [-0.4, -0.2) is 64.2 Å². The van der Waals surface area contributed by atoms with Crippen LogP contribution in [0.2, 0.25) is 0 Å². The number of nitrogens with one attached hydrogen (secondary N) is 2. The van der Waals surface area contributed by atoms with Crippen LogP contribution < -0.4 is 10.6 Å². The average Bonchev–Trinajstić information content (AvgIpc) is 2.56. The minimum absolute atomic E-state index is 0. The molecule has 1 rings (SSSR count). The van der Waals surface area contributed by atoms with E-state index in [0.29, 0.717) is 12.2 Å². The number of halogens is 1. The van der Waals surface area contributed by atoms with Crippen LogP contribution in [0.5, 0.6) is 0 Å². The van der Waals surface area contributed by atoms with Crippen LogP contribution in [-0.2, 0) is 11.2 Å². The smallest absolute Gasteiger partial charge is 0.253 e. The van der Waals surface area contributed by atoms with Crippen LogP contribution in [0.25, 0.3) is 0 Å². The van der Waals surface area contributed by atoms with Crippen LogP contribution in [0.4, 0.5) is 0 Å². The molecule has 1 aromatic rings. The van der Waals surface area contributed by atoms with Crippen molar-refractivity contribution >= 4 is 35.8 Å². The summed E-state index contributed by atoms with van der Waals surface area (Å²) in [5.74, 6) is 0.776. The van der Waals surface area contributed by atoms with Crippen molar-refractivity contribution in [2.24, 2.45) is 4.99 Å². The summed E-state index contributed by atoms with van der Waals surface area (Å²) in [6.45, 7) is 4.82. The summed E-state index contributed by atoms with van der Waals surface area (Å²) in [5.41, 5.74) is 1.83. The van der Waals surface area contributed by atoms with Crippen LogP contribution in [0.3, 0.4) is 0 Å². The lowest BCUT2D eigenvalue weighted by molar-refractivity contribution is 0.0827. The van der Waals surface area contributed by atoms with Crippen molar-refractivity contribution < 1.29 is 9.53 Å². The number of guanidine groups is 1. The van der Waals surface area contributed by atoms with Crippen molar-refractivity contribution in [2.45, 2.75) is 13.3 Å². The molecule has 0 aliphatic rings. The number of aliphatic imine (C=N–C) groups is 1. The van der Waals surface area contributed by atoms with Gasteiger partial charge in [-0.2, -0.15) is 0 Å². The van der Waals surface area contributed by atoms with Gasteiger partial charge >= 0.3 is 0 Å². The van der Waals surface area contributed by atoms with E-state index >= 15 is 0 Å². The number of benzene rings is 1. The Kier molecular flexibility index (Phi) is 12.3. The fourth-order valence-corrected chi connectivity index (χ4v) is 2.05. The van der Waals surface area contributed by atoms with E-state index in [-0.39, 0.29) is 29.9 Å². The predicted molar refractivity (Wildman–Crippen MR) is 109 cm³/mol. The Labute approximate surface area is 162 Å². The van der Waals surface area contributed by atoms with Crippen LogP contribution >= 0.6 is 24.0 Å². The third-order valence-corrected chi connectivity index (χ3v) is 3.25. The molecule has 0 aliphatic carbocycles. The van der Waals surface area contributed by atoms with Gasteiger partial charge < -0.3 is 20.3 Å². The molecule has 0 atom stereocenters. The number of hydrogen-bond acceptors (Lipinski definition) is 3. The molecule has 6 nitrogen and oxygen atoms in total. The van der Waals surface area contributed by atoms with E-state index in [1.54, 1.807) is 26.0 Å². The number of carbonyl (C=O) groups is 1. The summed E-state index contributed by atoms with van der Waals surface area (Å²) in [7, 11) is 5.26. The third-order valence-electron chi connectivity index (χ3n) is 3.25. The highest BCUT2D eigenvalue weighted by Crippen LogP contribution is 2.07. The SMILES string of the molecule is CCOCCNC(=NC)NCCc1cccc(C(=O)N(C)C)c1.I. The maximum absolute atomic E-state index is 12.0. The van der Waals surface area contributed by atoms with Gasteiger partial charge in [0, 0.05) is 46.4 Å². The molecule has 0 saturated heterocycles. The average molecular weight is 448 g/mol. The molecule has 136 valence electrons. The van der Waals surface area contributed by atoms with Crippen molar-refractivity contribution in [3.05, 3.63) is 35.4 Å². The monoisotopic (exact) mass is 448 g/mol. The van der Waals surface area contributed by atoms with Crippen molar-refractivity contribution in [3.8, 4) is 0 Å². The second-order valence-electron chi connectivity index (χ2n) is 5.27. The fourth-order valence-electron chi connectivity index (χ4n) is 2.05. The first kappa shape index (κ1) is 22.6. The Balaban J connectivity index is 0.00000529. The van der Waals surface area contributed by atoms with Gasteiger partial charge in [-0.15, -0.1) is 24.0 Å². The Morgan fingerprint density at radius 2 is 1.96 bits per heavy atom. The van der Waals surface area contributed by atoms with E-state index < -0.39 is 0 Å². The Morgan fingerprint density at radius 3 is 2.58 bits per heavy atom. The maximum atomic E-state index is 12.0. The molecule has 24 heavy (non-hydrogen) atoms. The number of hydrogen-bond donors (Lipinski definition) is 2. The molecule has 0 spiro atoms. The van der Waals surface area contributed by atoms with Gasteiger partial charge in [-0.1, -0.05) is 12.1 Å². The molecule has 0 aromatic heterocycles. The van der Waals surface area contributed by atoms with Crippen LogP contribution in [0, 0.1) is 0 Å². The topological polar surface area (TPSA) is 66.0 Å². The minimum Gasteiger partial charge on any atom is -0.380 e. The quantitative estimate of drug-likeness (QED) is 0.275. The minimum atomic E-state index is 0. The second kappa shape index (κ2) is 13.0. The van der Waals surface area contributed by atoms with Crippen molar-refractivity contribution in [1.82, 2.24) is 15.5 Å². The van der Waals surface area contributed by atoms with Crippen molar-refractivity contribution in [1.29, 1.82) is 0 Å². The lowest BCUT2D eigenvalue weighted by Crippen LogP contribution is -2.39. The molecular formula is C17H29IN4O2. The molecule has 0 aliphatic heterocycles. The van der Waals surface area contributed by atoms with Gasteiger partial charge in [-0.25, -0.2) is 0 Å². The van der Waals surface area contributed by atoms with Gasteiger partial charge in [0.2, 0.25) is 0 Å². The summed E-state index contributed by atoms with van der Waals surface area (Å²) < 4.78 is 5.28. The molecule has 0 heterocycles. The van der Waals surface area contributed by atoms with E-state index in [2.05, 4.69) is 15.6 Å². The standard InChI is InChI=1S/C17H28N4O2.HI/c1-5-23-12-11-20-17(18-2)19-10-9-14-7-6-8-15(13-14)16(22)21(3)4;/h6-8,13H,5,9-12H2,1-4H3,(H2,18,19,20);1H. The van der Waals surface area contributed by atoms with Gasteiger partial charge in [0.05, 0.1) is 6.61 Å². The van der Waals surface area contributed by atoms with Crippen LogP contribution in [0.15, 0.2) is 29.3 Å². The number of nitrogens with zero attached hydrogens (tertiary/aromatic N) is 2. The van der Waals surface area contributed by atoms with Gasteiger partial charge in [0.1, 0.15) is 0 Å². The van der Waals surface area contributed by atoms with Crippen LogP contribution in [0.1, 0.15) is 22.8 Å². The molecule has 1 aromatic carbocycles. The summed E-state index contributed by atoms with van der Waals surface area (Å²) in [4.78, 5) is 17.7. The highest BCUT2D eigenvalue weighted by Gasteiger charge is 2.08. The molecule has 0 saturated carbocycles. The molecule has 2 N–H and O–H groups in total. The maximum Gasteiger partial charge on any atom is 0.253 e. The van der Waals surface area contributed by atoms with E-state index in [1.807, 2.05) is 31.2 Å². The van der Waals surface area contributed by atoms with Gasteiger partial charge in [0.15, 0.2) is 5.96 Å². The predicted octanol–water partition coefficient (Wildman–Crippen LogP) is 1.75. The molecular weight excluding hydrogens is 419 g/mol. The number of rotatable bonds is 8. The normalized spacial score (nSPS) is 10.8. The van der Waals surface area contributed by atoms with Gasteiger partial charge in [0.25, 0.3) is 5.91 Å². The lowest BCUT2D eigenvalue weighted by atomic mass is 10.1. The molecule has 0 bridgehead atoms. The summed E-state index contributed by atoms with van der Waals surface area (Å²) in [6.07, 6.45) is 0.820. The van der Waals surface area contributed by atoms with Crippen molar-refractivity contribution in [3.63, 3.8) is 0 Å². The van der Waals surface area contributed by atoms with Gasteiger partial charge in [-0.3, -0.25) is 9.79 Å². The molecule has 7 heteroatoms. The first-order valence-corrected chi connectivity index (χ1v) is 7.91. The Morgan fingerprint density at radius 1 is 1.25 bits per heavy atom. The number of ether oxygens (including phenoxy) is 1. The zero-order valence-electron chi connectivity index (χ0n) is 15.0. The van der Waals surface area contributed by atoms with E-state index in [4.69, 9.17) is 4.74 Å². The molecule has 0 fully saturated rings. The highest BCUT2D eigenvalue weighted by atomic mass is 127. The van der Waals surface area contributed by atoms with Gasteiger partial charge in [-0.05, 0) is 31.0 Å². The largest absolute Gasteiger partial charge is 0.380 e. The van der Waals surface area contributed by atoms with E-state index in [0.717, 1.165) is 37.6 Å².